The lowest BCUT2D eigenvalue weighted by Crippen LogP contribution is -2.19. The predicted molar refractivity (Wildman–Crippen MR) is 121 cm³/mol. The first-order chi connectivity index (χ1) is 11.7. The number of pyridine rings is 2. The molecule has 2 aromatic rings. The lowest BCUT2D eigenvalue weighted by molar-refractivity contribution is 0.568. The molecule has 3 heterocycles. The Balaban J connectivity index is 0.000000181. The maximum atomic E-state index is 4.40. The summed E-state index contributed by atoms with van der Waals surface area (Å²) in [4.78, 5) is 8.61. The average Bonchev–Trinajstić information content (AvgIpc) is 2.83. The van der Waals surface area contributed by atoms with Gasteiger partial charge in [0.05, 0.1) is 17.1 Å². The lowest BCUT2D eigenvalue weighted by Gasteiger charge is -2.14. The number of fused-ring (bicyclic) bond motifs is 1. The van der Waals surface area contributed by atoms with E-state index in [2.05, 4.69) is 102 Å². The van der Waals surface area contributed by atoms with Crippen LogP contribution in [0.2, 0.25) is 0 Å². The predicted octanol–water partition coefficient (Wildman–Crippen LogP) is 5.98. The van der Waals surface area contributed by atoms with Gasteiger partial charge >= 0.3 is 0 Å². The molecule has 4 nitrogen and oxygen atoms in total. The zero-order chi connectivity index (χ0) is 18.6. The Hall–Kier alpha value is -0.670. The maximum Gasteiger partial charge on any atom is 0.124 e. The van der Waals surface area contributed by atoms with E-state index in [0.29, 0.717) is 0 Å². The Morgan fingerprint density at radius 1 is 1.28 bits per heavy atom. The van der Waals surface area contributed by atoms with Gasteiger partial charge in [-0.05, 0) is 73.5 Å². The smallest absolute Gasteiger partial charge is 0.124 e. The van der Waals surface area contributed by atoms with Crippen LogP contribution >= 0.6 is 54.5 Å². The van der Waals surface area contributed by atoms with Crippen molar-refractivity contribution in [3.63, 3.8) is 0 Å². The second-order valence-electron chi connectivity index (χ2n) is 6.59. The molecule has 0 saturated carbocycles. The van der Waals surface area contributed by atoms with E-state index in [1.54, 1.807) is 6.20 Å². The summed E-state index contributed by atoms with van der Waals surface area (Å²) in [5.74, 6) is 0. The van der Waals surface area contributed by atoms with E-state index in [9.17, 15) is 0 Å². The van der Waals surface area contributed by atoms with E-state index < -0.39 is 0 Å². The Morgan fingerprint density at radius 3 is 2.60 bits per heavy atom. The van der Waals surface area contributed by atoms with Crippen molar-refractivity contribution >= 4 is 65.8 Å². The normalized spacial score (nSPS) is 14.0. The third-order valence-corrected chi connectivity index (χ3v) is 5.33. The van der Waals surface area contributed by atoms with Crippen molar-refractivity contribution in [2.24, 2.45) is 0 Å². The number of nitrogens with zero attached hydrogens (tertiary/aromatic N) is 2. The van der Waals surface area contributed by atoms with Crippen LogP contribution in [0.5, 0.6) is 0 Å². The molecule has 0 aliphatic carbocycles. The second kappa shape index (κ2) is 8.81. The van der Waals surface area contributed by atoms with Crippen molar-refractivity contribution in [2.45, 2.75) is 26.2 Å². The molecule has 0 atom stereocenters. The van der Waals surface area contributed by atoms with E-state index >= 15 is 0 Å². The third-order valence-electron chi connectivity index (χ3n) is 3.60. The molecule has 1 aliphatic rings. The van der Waals surface area contributed by atoms with Crippen LogP contribution in [0.25, 0.3) is 0 Å². The first kappa shape index (κ1) is 20.6. The molecule has 0 radical (unpaired) electrons. The van der Waals surface area contributed by atoms with Crippen LogP contribution in [-0.2, 0) is 5.41 Å². The fraction of sp³-hybridized carbons (Fsp3) is 0.333. The van der Waals surface area contributed by atoms with Gasteiger partial charge in [-0.15, -0.1) is 0 Å². The first-order valence-corrected chi connectivity index (χ1v) is 10.4. The SMILES string of the molecule is C=C(C)CNc1cc(Br)cnc1I.CC1(C)CNc2cc(Br)cnc21. The number of aromatic nitrogens is 2. The van der Waals surface area contributed by atoms with E-state index in [-0.39, 0.29) is 5.41 Å². The van der Waals surface area contributed by atoms with Gasteiger partial charge in [0.2, 0.25) is 0 Å². The summed E-state index contributed by atoms with van der Waals surface area (Å²) in [7, 11) is 0. The molecule has 25 heavy (non-hydrogen) atoms. The Bertz CT molecular complexity index is 778. The summed E-state index contributed by atoms with van der Waals surface area (Å²) in [5, 5.41) is 6.59. The minimum atomic E-state index is 0.177. The summed E-state index contributed by atoms with van der Waals surface area (Å²) in [6, 6.07) is 4.09. The van der Waals surface area contributed by atoms with Gasteiger partial charge in [0.25, 0.3) is 0 Å². The zero-order valence-corrected chi connectivity index (χ0v) is 19.8. The molecule has 2 aromatic heterocycles. The Labute approximate surface area is 179 Å². The van der Waals surface area contributed by atoms with Crippen LogP contribution in [0.3, 0.4) is 0 Å². The molecule has 7 heteroatoms. The molecule has 0 aromatic carbocycles. The molecule has 3 rings (SSSR count). The second-order valence-corrected chi connectivity index (χ2v) is 9.44. The molecular formula is C18H21Br2IN4. The molecule has 0 unspecified atom stereocenters. The average molecular weight is 580 g/mol. The maximum absolute atomic E-state index is 4.40. The monoisotopic (exact) mass is 578 g/mol. The van der Waals surface area contributed by atoms with Crippen molar-refractivity contribution in [3.8, 4) is 0 Å². The highest BCUT2D eigenvalue weighted by Crippen LogP contribution is 2.35. The molecule has 0 saturated heterocycles. The Kier molecular flexibility index (Phi) is 7.28. The highest BCUT2D eigenvalue weighted by molar-refractivity contribution is 14.1. The zero-order valence-electron chi connectivity index (χ0n) is 14.5. The van der Waals surface area contributed by atoms with Crippen molar-refractivity contribution in [1.29, 1.82) is 0 Å². The molecule has 0 fully saturated rings. The van der Waals surface area contributed by atoms with Crippen molar-refractivity contribution in [3.05, 3.63) is 55.0 Å². The van der Waals surface area contributed by atoms with Crippen LogP contribution in [0, 0.1) is 3.70 Å². The van der Waals surface area contributed by atoms with Crippen LogP contribution in [0.15, 0.2) is 45.6 Å². The minimum Gasteiger partial charge on any atom is -0.383 e. The number of anilines is 2. The van der Waals surface area contributed by atoms with Gasteiger partial charge in [-0.3, -0.25) is 4.98 Å². The first-order valence-electron chi connectivity index (χ1n) is 7.78. The van der Waals surface area contributed by atoms with Gasteiger partial charge in [0, 0.05) is 39.8 Å². The summed E-state index contributed by atoms with van der Waals surface area (Å²) in [6.07, 6.45) is 3.64. The van der Waals surface area contributed by atoms with Crippen LogP contribution in [-0.4, -0.2) is 23.1 Å². The standard InChI is InChI=1S/C9H10BrIN2.C9H11BrN2/c1-6(2)4-12-8-3-7(10)5-13-9(8)11;1-9(2)5-12-7-3-6(10)4-11-8(7)9/h3,5,12H,1,4H2,2H3;3-4,12H,5H2,1-2H3. The van der Waals surface area contributed by atoms with E-state index in [4.69, 9.17) is 0 Å². The minimum absolute atomic E-state index is 0.177. The number of hydrogen-bond acceptors (Lipinski definition) is 4. The van der Waals surface area contributed by atoms with Gasteiger partial charge in [-0.25, -0.2) is 4.98 Å². The van der Waals surface area contributed by atoms with E-state index in [1.807, 2.05) is 19.2 Å². The highest BCUT2D eigenvalue weighted by Gasteiger charge is 2.30. The fourth-order valence-corrected chi connectivity index (χ4v) is 3.45. The molecule has 134 valence electrons. The molecule has 1 aliphatic heterocycles. The molecule has 0 spiro atoms. The largest absolute Gasteiger partial charge is 0.383 e. The van der Waals surface area contributed by atoms with Gasteiger partial charge < -0.3 is 10.6 Å². The van der Waals surface area contributed by atoms with Crippen molar-refractivity contribution < 1.29 is 0 Å². The summed E-state index contributed by atoms with van der Waals surface area (Å²) in [5.41, 5.74) is 4.66. The summed E-state index contributed by atoms with van der Waals surface area (Å²) >= 11 is 8.97. The highest BCUT2D eigenvalue weighted by atomic mass is 127. The topological polar surface area (TPSA) is 49.8 Å². The molecule has 2 N–H and O–H groups in total. The Morgan fingerprint density at radius 2 is 1.92 bits per heavy atom. The molecule has 0 bridgehead atoms. The van der Waals surface area contributed by atoms with Crippen molar-refractivity contribution in [1.82, 2.24) is 9.97 Å². The van der Waals surface area contributed by atoms with E-state index in [1.165, 1.54) is 5.69 Å². The molecular weight excluding hydrogens is 559 g/mol. The van der Waals surface area contributed by atoms with Gasteiger partial charge in [0.1, 0.15) is 3.70 Å². The third kappa shape index (κ3) is 5.92. The number of rotatable bonds is 3. The van der Waals surface area contributed by atoms with E-state index in [0.717, 1.165) is 42.7 Å². The fourth-order valence-electron chi connectivity index (χ4n) is 2.31. The lowest BCUT2D eigenvalue weighted by atomic mass is 9.91. The molecule has 0 amide bonds. The van der Waals surface area contributed by atoms with Crippen molar-refractivity contribution in [2.75, 3.05) is 23.7 Å². The van der Waals surface area contributed by atoms with Crippen LogP contribution in [0.1, 0.15) is 26.5 Å². The number of halogens is 3. The van der Waals surface area contributed by atoms with Crippen LogP contribution < -0.4 is 10.6 Å². The number of hydrogen-bond donors (Lipinski definition) is 2. The quantitative estimate of drug-likeness (QED) is 0.267. The van der Waals surface area contributed by atoms with Gasteiger partial charge in [0.15, 0.2) is 0 Å². The van der Waals surface area contributed by atoms with Crippen LogP contribution in [0.4, 0.5) is 11.4 Å². The van der Waals surface area contributed by atoms with Gasteiger partial charge in [-0.2, -0.15) is 0 Å². The number of nitrogens with one attached hydrogen (secondary N) is 2. The summed E-state index contributed by atoms with van der Waals surface area (Å²) < 4.78 is 2.99. The van der Waals surface area contributed by atoms with Gasteiger partial charge in [-0.1, -0.05) is 26.0 Å². The summed E-state index contributed by atoms with van der Waals surface area (Å²) in [6.45, 7) is 12.0.